The number of carbonyl (C=O) groups is 2. The van der Waals surface area contributed by atoms with Crippen molar-refractivity contribution < 1.29 is 23.1 Å². The molecule has 0 radical (unpaired) electrons. The molecule has 0 aromatic rings. The molecular weight excluding hydrogens is 270 g/mol. The van der Waals surface area contributed by atoms with Crippen LogP contribution in [0.2, 0.25) is 0 Å². The van der Waals surface area contributed by atoms with E-state index in [0.717, 1.165) is 17.1 Å². The van der Waals surface area contributed by atoms with Crippen LogP contribution < -0.4 is 0 Å². The standard InChI is InChI=1S/C12H19NO5S/c1-12(2)11(16)13(19(12,17)18)7-8-5-3-4-6-9(8)10(14)15/h8-9H,3-7H2,1-2H3,(H,14,15). The summed E-state index contributed by atoms with van der Waals surface area (Å²) in [6.07, 6.45) is 2.96. The maximum Gasteiger partial charge on any atom is 0.306 e. The molecule has 1 N–H and O–H groups in total. The predicted octanol–water partition coefficient (Wildman–Crippen LogP) is 0.828. The average molecular weight is 289 g/mol. The highest BCUT2D eigenvalue weighted by molar-refractivity contribution is 7.94. The molecule has 7 heteroatoms. The summed E-state index contributed by atoms with van der Waals surface area (Å²) in [5.41, 5.74) is 0. The molecule has 19 heavy (non-hydrogen) atoms. The summed E-state index contributed by atoms with van der Waals surface area (Å²) in [5.74, 6) is -2.13. The summed E-state index contributed by atoms with van der Waals surface area (Å²) in [4.78, 5) is 23.0. The predicted molar refractivity (Wildman–Crippen MR) is 67.8 cm³/mol. The molecule has 0 aromatic heterocycles. The van der Waals surface area contributed by atoms with Gasteiger partial charge in [0.15, 0.2) is 4.75 Å². The monoisotopic (exact) mass is 289 g/mol. The zero-order valence-corrected chi connectivity index (χ0v) is 11.9. The normalized spacial score (nSPS) is 32.7. The Morgan fingerprint density at radius 1 is 1.37 bits per heavy atom. The van der Waals surface area contributed by atoms with Crippen molar-refractivity contribution in [2.75, 3.05) is 6.54 Å². The minimum absolute atomic E-state index is 0.0154. The maximum atomic E-state index is 12.0. The van der Waals surface area contributed by atoms with Crippen LogP contribution in [0.25, 0.3) is 0 Å². The molecule has 6 nitrogen and oxygen atoms in total. The fourth-order valence-corrected chi connectivity index (χ4v) is 4.49. The molecule has 1 aliphatic heterocycles. The molecule has 0 aromatic carbocycles. The fraction of sp³-hybridized carbons (Fsp3) is 0.833. The average Bonchev–Trinajstić information content (AvgIpc) is 2.35. The van der Waals surface area contributed by atoms with Crippen LogP contribution in [0, 0.1) is 11.8 Å². The van der Waals surface area contributed by atoms with Gasteiger partial charge in [0.05, 0.1) is 5.92 Å². The SMILES string of the molecule is CC1(C)C(=O)N(CC2CCCCC2C(=O)O)S1(=O)=O. The highest BCUT2D eigenvalue weighted by atomic mass is 32.2. The lowest BCUT2D eigenvalue weighted by atomic mass is 9.79. The molecule has 0 bridgehead atoms. The second-order valence-electron chi connectivity index (χ2n) is 5.84. The van der Waals surface area contributed by atoms with E-state index in [2.05, 4.69) is 0 Å². The van der Waals surface area contributed by atoms with Crippen LogP contribution in [0.3, 0.4) is 0 Å². The molecule has 2 rings (SSSR count). The number of carboxylic acids is 1. The molecule has 1 heterocycles. The lowest BCUT2D eigenvalue weighted by Gasteiger charge is -2.45. The van der Waals surface area contributed by atoms with Gasteiger partial charge >= 0.3 is 5.97 Å². The lowest BCUT2D eigenvalue weighted by Crippen LogP contribution is -2.68. The van der Waals surface area contributed by atoms with Gasteiger partial charge in [-0.15, -0.1) is 0 Å². The van der Waals surface area contributed by atoms with Gasteiger partial charge in [0.1, 0.15) is 0 Å². The first kappa shape index (κ1) is 14.3. The van der Waals surface area contributed by atoms with Gasteiger partial charge in [-0.05, 0) is 32.6 Å². The van der Waals surface area contributed by atoms with Gasteiger partial charge in [-0.3, -0.25) is 9.59 Å². The van der Waals surface area contributed by atoms with Crippen molar-refractivity contribution >= 4 is 21.9 Å². The number of sulfonamides is 1. The minimum atomic E-state index is -3.61. The first-order valence-corrected chi connectivity index (χ1v) is 7.93. The maximum absolute atomic E-state index is 12.0. The molecule has 1 aliphatic carbocycles. The Bertz CT molecular complexity index is 510. The largest absolute Gasteiger partial charge is 0.481 e. The minimum Gasteiger partial charge on any atom is -0.481 e. The van der Waals surface area contributed by atoms with E-state index in [4.69, 9.17) is 5.11 Å². The molecule has 2 unspecified atom stereocenters. The Balaban J connectivity index is 2.13. The number of rotatable bonds is 3. The Labute approximate surface area is 112 Å². The van der Waals surface area contributed by atoms with Gasteiger partial charge < -0.3 is 5.11 Å². The number of aliphatic carboxylic acids is 1. The van der Waals surface area contributed by atoms with Gasteiger partial charge in [0.2, 0.25) is 0 Å². The van der Waals surface area contributed by atoms with E-state index in [0.29, 0.717) is 12.8 Å². The Kier molecular flexibility index (Phi) is 3.36. The topological polar surface area (TPSA) is 91.8 Å². The van der Waals surface area contributed by atoms with E-state index in [1.165, 1.54) is 13.8 Å². The van der Waals surface area contributed by atoms with E-state index in [9.17, 15) is 18.0 Å². The van der Waals surface area contributed by atoms with E-state index in [1.807, 2.05) is 0 Å². The molecule has 2 atom stereocenters. The van der Waals surface area contributed by atoms with Crippen molar-refractivity contribution in [1.29, 1.82) is 0 Å². The zero-order chi connectivity index (χ0) is 14.4. The van der Waals surface area contributed by atoms with E-state index >= 15 is 0 Å². The zero-order valence-electron chi connectivity index (χ0n) is 11.1. The second-order valence-corrected chi connectivity index (χ2v) is 8.25. The molecule has 1 saturated carbocycles. The number of carboxylic acid groups (broad SMARTS) is 1. The first-order valence-electron chi connectivity index (χ1n) is 6.49. The van der Waals surface area contributed by atoms with Crippen molar-refractivity contribution in [3.8, 4) is 0 Å². The van der Waals surface area contributed by atoms with Crippen molar-refractivity contribution in [3.05, 3.63) is 0 Å². The van der Waals surface area contributed by atoms with Crippen LogP contribution in [0.5, 0.6) is 0 Å². The van der Waals surface area contributed by atoms with Crippen molar-refractivity contribution in [3.63, 3.8) is 0 Å². The molecule has 108 valence electrons. The summed E-state index contributed by atoms with van der Waals surface area (Å²) in [7, 11) is -3.61. The molecule has 1 saturated heterocycles. The summed E-state index contributed by atoms with van der Waals surface area (Å²) in [5, 5.41) is 9.16. The number of nitrogens with zero attached hydrogens (tertiary/aromatic N) is 1. The Morgan fingerprint density at radius 2 is 1.95 bits per heavy atom. The summed E-state index contributed by atoms with van der Waals surface area (Å²) >= 11 is 0. The molecule has 2 fully saturated rings. The van der Waals surface area contributed by atoms with Crippen molar-refractivity contribution in [2.24, 2.45) is 11.8 Å². The van der Waals surface area contributed by atoms with Crippen LogP contribution in [-0.4, -0.2) is 41.0 Å². The first-order chi connectivity index (χ1) is 8.69. The third kappa shape index (κ3) is 2.04. The van der Waals surface area contributed by atoms with Gasteiger partial charge in [-0.1, -0.05) is 12.8 Å². The van der Waals surface area contributed by atoms with Gasteiger partial charge in [-0.25, -0.2) is 12.7 Å². The summed E-state index contributed by atoms with van der Waals surface area (Å²) in [6.45, 7) is 2.79. The van der Waals surface area contributed by atoms with Gasteiger partial charge in [-0.2, -0.15) is 0 Å². The highest BCUT2D eigenvalue weighted by Crippen LogP contribution is 2.39. The smallest absolute Gasteiger partial charge is 0.306 e. The number of amides is 1. The second kappa shape index (κ2) is 4.47. The highest BCUT2D eigenvalue weighted by Gasteiger charge is 2.60. The number of hydrogen-bond donors (Lipinski definition) is 1. The Morgan fingerprint density at radius 3 is 2.47 bits per heavy atom. The van der Waals surface area contributed by atoms with Crippen LogP contribution >= 0.6 is 0 Å². The number of carbonyl (C=O) groups excluding carboxylic acids is 1. The van der Waals surface area contributed by atoms with Crippen LogP contribution in [0.15, 0.2) is 0 Å². The van der Waals surface area contributed by atoms with E-state index in [-0.39, 0.29) is 12.5 Å². The molecule has 2 aliphatic rings. The molecule has 1 amide bonds. The third-order valence-corrected chi connectivity index (χ3v) is 6.66. The molecule has 0 spiro atoms. The van der Waals surface area contributed by atoms with Gasteiger partial charge in [0, 0.05) is 6.54 Å². The van der Waals surface area contributed by atoms with E-state index in [1.54, 1.807) is 0 Å². The fourth-order valence-electron chi connectivity index (χ4n) is 2.90. The summed E-state index contributed by atoms with van der Waals surface area (Å²) < 4.78 is 23.5. The molecular formula is C12H19NO5S. The quantitative estimate of drug-likeness (QED) is 0.830. The van der Waals surface area contributed by atoms with E-state index < -0.39 is 32.6 Å². The van der Waals surface area contributed by atoms with Crippen LogP contribution in [0.1, 0.15) is 39.5 Å². The van der Waals surface area contributed by atoms with Crippen molar-refractivity contribution in [2.45, 2.75) is 44.3 Å². The number of hydrogen-bond acceptors (Lipinski definition) is 4. The lowest BCUT2D eigenvalue weighted by molar-refractivity contribution is -0.146. The van der Waals surface area contributed by atoms with Crippen LogP contribution in [0.4, 0.5) is 0 Å². The Hall–Kier alpha value is -1.11. The summed E-state index contributed by atoms with van der Waals surface area (Å²) in [6, 6.07) is 0. The van der Waals surface area contributed by atoms with Crippen LogP contribution in [-0.2, 0) is 19.6 Å². The van der Waals surface area contributed by atoms with Crippen molar-refractivity contribution in [1.82, 2.24) is 4.31 Å². The third-order valence-electron chi connectivity index (χ3n) is 4.30. The van der Waals surface area contributed by atoms with Gasteiger partial charge in [0.25, 0.3) is 15.9 Å².